The number of rotatable bonds is 7. The largest absolute Gasteiger partial charge is 0.381 e. The minimum absolute atomic E-state index is 0.803. The lowest BCUT2D eigenvalue weighted by Gasteiger charge is -2.20. The summed E-state index contributed by atoms with van der Waals surface area (Å²) >= 11 is 0. The third kappa shape index (κ3) is 3.61. The monoisotopic (exact) mass is 272 g/mol. The summed E-state index contributed by atoms with van der Waals surface area (Å²) in [4.78, 5) is 2.42. The van der Waals surface area contributed by atoms with Gasteiger partial charge in [0.15, 0.2) is 0 Å². The minimum Gasteiger partial charge on any atom is -0.381 e. The van der Waals surface area contributed by atoms with E-state index in [1.165, 1.54) is 16.8 Å². The van der Waals surface area contributed by atoms with Crippen LogP contribution in [0, 0.1) is 6.92 Å². The van der Waals surface area contributed by atoms with Crippen molar-refractivity contribution >= 4 is 5.69 Å². The van der Waals surface area contributed by atoms with Crippen molar-refractivity contribution in [1.29, 1.82) is 0 Å². The number of aromatic nitrogens is 2. The van der Waals surface area contributed by atoms with Gasteiger partial charge in [-0.15, -0.1) is 0 Å². The number of nitrogens with zero attached hydrogens (tertiary/aromatic N) is 2. The predicted molar refractivity (Wildman–Crippen MR) is 83.7 cm³/mol. The Morgan fingerprint density at radius 1 is 1.15 bits per heavy atom. The Hall–Kier alpha value is -1.81. The van der Waals surface area contributed by atoms with E-state index in [-0.39, 0.29) is 0 Å². The fourth-order valence-electron chi connectivity index (χ4n) is 2.26. The SMILES string of the molecule is CCN(CC)Cc1ccccc1NCc1cn[nH]c1C. The molecule has 20 heavy (non-hydrogen) atoms. The summed E-state index contributed by atoms with van der Waals surface area (Å²) in [6.45, 7) is 10.4. The molecule has 0 saturated heterocycles. The smallest absolute Gasteiger partial charge is 0.0539 e. The molecule has 0 aliphatic heterocycles. The van der Waals surface area contributed by atoms with Gasteiger partial charge in [-0.2, -0.15) is 5.10 Å². The minimum atomic E-state index is 0.803. The lowest BCUT2D eigenvalue weighted by atomic mass is 10.1. The molecule has 0 amide bonds. The van der Waals surface area contributed by atoms with Gasteiger partial charge in [0, 0.05) is 30.0 Å². The van der Waals surface area contributed by atoms with Gasteiger partial charge in [0.05, 0.1) is 6.20 Å². The van der Waals surface area contributed by atoms with Crippen LogP contribution in [0.15, 0.2) is 30.5 Å². The second-order valence-electron chi connectivity index (χ2n) is 4.99. The summed E-state index contributed by atoms with van der Waals surface area (Å²) < 4.78 is 0. The van der Waals surface area contributed by atoms with Crippen molar-refractivity contribution in [3.8, 4) is 0 Å². The van der Waals surface area contributed by atoms with Gasteiger partial charge >= 0.3 is 0 Å². The van der Waals surface area contributed by atoms with Gasteiger partial charge in [0.2, 0.25) is 0 Å². The van der Waals surface area contributed by atoms with Gasteiger partial charge < -0.3 is 5.32 Å². The molecule has 0 bridgehead atoms. The molecule has 2 rings (SSSR count). The standard InChI is InChI=1S/C16H24N4/c1-4-20(5-2)12-14-8-6-7-9-16(14)17-10-15-11-18-19-13(15)3/h6-9,11,17H,4-5,10,12H2,1-3H3,(H,18,19). The molecule has 2 aromatic rings. The molecule has 1 heterocycles. The third-order valence-electron chi connectivity index (χ3n) is 3.71. The Morgan fingerprint density at radius 2 is 1.90 bits per heavy atom. The fourth-order valence-corrected chi connectivity index (χ4v) is 2.26. The van der Waals surface area contributed by atoms with E-state index in [0.29, 0.717) is 0 Å². The van der Waals surface area contributed by atoms with Crippen molar-refractivity contribution in [2.24, 2.45) is 0 Å². The third-order valence-corrected chi connectivity index (χ3v) is 3.71. The van der Waals surface area contributed by atoms with E-state index >= 15 is 0 Å². The molecule has 108 valence electrons. The lowest BCUT2D eigenvalue weighted by molar-refractivity contribution is 0.296. The van der Waals surface area contributed by atoms with Gasteiger partial charge in [0.1, 0.15) is 0 Å². The van der Waals surface area contributed by atoms with Crippen LogP contribution in [0.4, 0.5) is 5.69 Å². The van der Waals surface area contributed by atoms with Crippen molar-refractivity contribution in [2.45, 2.75) is 33.9 Å². The Kier molecular flexibility index (Phi) is 5.18. The van der Waals surface area contributed by atoms with Crippen LogP contribution in [-0.2, 0) is 13.1 Å². The number of aromatic amines is 1. The van der Waals surface area contributed by atoms with Gasteiger partial charge in [-0.3, -0.25) is 10.00 Å². The number of hydrogen-bond donors (Lipinski definition) is 2. The first-order chi connectivity index (χ1) is 9.74. The van der Waals surface area contributed by atoms with Gasteiger partial charge in [0.25, 0.3) is 0 Å². The van der Waals surface area contributed by atoms with E-state index in [1.807, 2.05) is 13.1 Å². The number of H-pyrrole nitrogens is 1. The van der Waals surface area contributed by atoms with E-state index in [1.54, 1.807) is 0 Å². The zero-order chi connectivity index (χ0) is 14.4. The number of para-hydroxylation sites is 1. The molecule has 0 radical (unpaired) electrons. The molecule has 1 aromatic carbocycles. The maximum absolute atomic E-state index is 4.06. The van der Waals surface area contributed by atoms with E-state index in [4.69, 9.17) is 0 Å². The molecular weight excluding hydrogens is 248 g/mol. The molecular formula is C16H24N4. The summed E-state index contributed by atoms with van der Waals surface area (Å²) in [6, 6.07) is 8.53. The number of nitrogens with one attached hydrogen (secondary N) is 2. The maximum Gasteiger partial charge on any atom is 0.0539 e. The van der Waals surface area contributed by atoms with E-state index in [9.17, 15) is 0 Å². The van der Waals surface area contributed by atoms with Crippen LogP contribution >= 0.6 is 0 Å². The topological polar surface area (TPSA) is 44.0 Å². The van der Waals surface area contributed by atoms with E-state index < -0.39 is 0 Å². The molecule has 4 nitrogen and oxygen atoms in total. The highest BCUT2D eigenvalue weighted by atomic mass is 15.1. The summed E-state index contributed by atoms with van der Waals surface area (Å²) in [5.41, 5.74) is 4.89. The highest BCUT2D eigenvalue weighted by Crippen LogP contribution is 2.18. The Balaban J connectivity index is 2.06. The predicted octanol–water partition coefficient (Wildman–Crippen LogP) is 3.17. The summed E-state index contributed by atoms with van der Waals surface area (Å²) in [7, 11) is 0. The lowest BCUT2D eigenvalue weighted by Crippen LogP contribution is -2.22. The van der Waals surface area contributed by atoms with Crippen LogP contribution in [0.25, 0.3) is 0 Å². The Morgan fingerprint density at radius 3 is 2.55 bits per heavy atom. The molecule has 0 atom stereocenters. The Bertz CT molecular complexity index is 529. The second-order valence-corrected chi connectivity index (χ2v) is 4.99. The van der Waals surface area contributed by atoms with Gasteiger partial charge in [-0.05, 0) is 31.6 Å². The first kappa shape index (κ1) is 14.6. The number of aryl methyl sites for hydroxylation is 1. The highest BCUT2D eigenvalue weighted by Gasteiger charge is 2.07. The quantitative estimate of drug-likeness (QED) is 0.813. The summed E-state index contributed by atoms with van der Waals surface area (Å²) in [5.74, 6) is 0. The zero-order valence-corrected chi connectivity index (χ0v) is 12.6. The van der Waals surface area contributed by atoms with Gasteiger partial charge in [-0.25, -0.2) is 0 Å². The molecule has 0 aliphatic carbocycles. The maximum atomic E-state index is 4.06. The highest BCUT2D eigenvalue weighted by molar-refractivity contribution is 5.51. The molecule has 4 heteroatoms. The van der Waals surface area contributed by atoms with Crippen LogP contribution in [0.3, 0.4) is 0 Å². The summed E-state index contributed by atoms with van der Waals surface area (Å²) in [6.07, 6.45) is 1.88. The van der Waals surface area contributed by atoms with Crippen LogP contribution < -0.4 is 5.32 Å². The first-order valence-corrected chi connectivity index (χ1v) is 7.27. The average molecular weight is 272 g/mol. The molecule has 2 N–H and O–H groups in total. The molecule has 1 aromatic heterocycles. The molecule has 0 fully saturated rings. The molecule has 0 saturated carbocycles. The van der Waals surface area contributed by atoms with Crippen molar-refractivity contribution in [2.75, 3.05) is 18.4 Å². The second kappa shape index (κ2) is 7.10. The Labute approximate surface area is 121 Å². The fraction of sp³-hybridized carbons (Fsp3) is 0.438. The van der Waals surface area contributed by atoms with Crippen LogP contribution in [0.2, 0.25) is 0 Å². The van der Waals surface area contributed by atoms with E-state index in [0.717, 1.165) is 31.9 Å². The number of hydrogen-bond acceptors (Lipinski definition) is 3. The van der Waals surface area contributed by atoms with Crippen LogP contribution in [0.1, 0.15) is 30.7 Å². The normalized spacial score (nSPS) is 11.0. The number of benzene rings is 1. The van der Waals surface area contributed by atoms with Crippen molar-refractivity contribution in [3.05, 3.63) is 47.3 Å². The van der Waals surface area contributed by atoms with Crippen LogP contribution in [0.5, 0.6) is 0 Å². The molecule has 0 unspecified atom stereocenters. The molecule has 0 spiro atoms. The summed E-state index contributed by atoms with van der Waals surface area (Å²) in [5, 5.41) is 10.6. The first-order valence-electron chi connectivity index (χ1n) is 7.27. The number of anilines is 1. The van der Waals surface area contributed by atoms with Crippen molar-refractivity contribution < 1.29 is 0 Å². The van der Waals surface area contributed by atoms with Crippen LogP contribution in [-0.4, -0.2) is 28.2 Å². The average Bonchev–Trinajstić information content (AvgIpc) is 2.89. The zero-order valence-electron chi connectivity index (χ0n) is 12.6. The van der Waals surface area contributed by atoms with Crippen molar-refractivity contribution in [1.82, 2.24) is 15.1 Å². The molecule has 0 aliphatic rings. The van der Waals surface area contributed by atoms with E-state index in [2.05, 4.69) is 58.5 Å². The van der Waals surface area contributed by atoms with Crippen molar-refractivity contribution in [3.63, 3.8) is 0 Å². The van der Waals surface area contributed by atoms with Gasteiger partial charge in [-0.1, -0.05) is 32.0 Å².